The predicted molar refractivity (Wildman–Crippen MR) is 66.4 cm³/mol. The summed E-state index contributed by atoms with van der Waals surface area (Å²) in [6, 6.07) is 4.72. The van der Waals surface area contributed by atoms with Gasteiger partial charge in [0.15, 0.2) is 0 Å². The lowest BCUT2D eigenvalue weighted by Crippen LogP contribution is -2.05. The van der Waals surface area contributed by atoms with E-state index < -0.39 is 0 Å². The number of aryl methyl sites for hydroxylation is 2. The molecule has 0 nitrogen and oxygen atoms in total. The molecule has 1 aromatic carbocycles. The van der Waals surface area contributed by atoms with Crippen LogP contribution in [0.3, 0.4) is 0 Å². The monoisotopic (exact) mass is 202 g/mol. The van der Waals surface area contributed by atoms with Gasteiger partial charge in [0.1, 0.15) is 0 Å². The minimum Gasteiger partial charge on any atom is -0.0619 e. The van der Waals surface area contributed by atoms with E-state index >= 15 is 0 Å². The highest BCUT2D eigenvalue weighted by molar-refractivity contribution is 5.40. The Morgan fingerprint density at radius 1 is 1.07 bits per heavy atom. The van der Waals surface area contributed by atoms with Crippen molar-refractivity contribution in [2.24, 2.45) is 5.92 Å². The summed E-state index contributed by atoms with van der Waals surface area (Å²) in [5.41, 5.74) is 6.04. The molecule has 82 valence electrons. The summed E-state index contributed by atoms with van der Waals surface area (Å²) in [6.45, 7) is 9.16. The SMILES string of the molecule is Cc1cc(C)c(C)c(C2CCCC2C)c1. The van der Waals surface area contributed by atoms with Gasteiger partial charge in [0.2, 0.25) is 0 Å². The van der Waals surface area contributed by atoms with Crippen molar-refractivity contribution in [1.82, 2.24) is 0 Å². The molecule has 15 heavy (non-hydrogen) atoms. The first kappa shape index (κ1) is 10.7. The van der Waals surface area contributed by atoms with E-state index in [1.165, 1.54) is 36.0 Å². The molecule has 1 aliphatic rings. The molecule has 0 heteroatoms. The Balaban J connectivity index is 2.42. The van der Waals surface area contributed by atoms with Crippen LogP contribution in [0.1, 0.15) is 54.4 Å². The molecule has 0 radical (unpaired) electrons. The van der Waals surface area contributed by atoms with Crippen LogP contribution in [0.15, 0.2) is 12.1 Å². The Morgan fingerprint density at radius 3 is 2.40 bits per heavy atom. The Kier molecular flexibility index (Phi) is 2.86. The fourth-order valence-corrected chi connectivity index (χ4v) is 3.07. The highest BCUT2D eigenvalue weighted by atomic mass is 14.3. The minimum absolute atomic E-state index is 0.823. The second kappa shape index (κ2) is 4.00. The van der Waals surface area contributed by atoms with Crippen molar-refractivity contribution in [3.63, 3.8) is 0 Å². The molecule has 0 amide bonds. The minimum atomic E-state index is 0.823. The first-order valence-corrected chi connectivity index (χ1v) is 6.17. The smallest absolute Gasteiger partial charge is 0.0133 e. The van der Waals surface area contributed by atoms with Crippen LogP contribution in [0.2, 0.25) is 0 Å². The summed E-state index contributed by atoms with van der Waals surface area (Å²) in [5.74, 6) is 1.70. The van der Waals surface area contributed by atoms with Crippen molar-refractivity contribution in [1.29, 1.82) is 0 Å². The second-order valence-electron chi connectivity index (χ2n) is 5.31. The van der Waals surface area contributed by atoms with Gasteiger partial charge in [-0.15, -0.1) is 0 Å². The molecule has 1 aliphatic carbocycles. The average Bonchev–Trinajstić information content (AvgIpc) is 2.58. The molecule has 0 saturated heterocycles. The standard InChI is InChI=1S/C15H22/c1-10-8-12(3)13(4)15(9-10)14-7-5-6-11(14)2/h8-9,11,14H,5-7H2,1-4H3. The average molecular weight is 202 g/mol. The third kappa shape index (κ3) is 1.95. The zero-order valence-electron chi connectivity index (χ0n) is 10.4. The van der Waals surface area contributed by atoms with E-state index in [-0.39, 0.29) is 0 Å². The van der Waals surface area contributed by atoms with E-state index in [0.29, 0.717) is 0 Å². The summed E-state index contributed by atoms with van der Waals surface area (Å²) in [4.78, 5) is 0. The second-order valence-corrected chi connectivity index (χ2v) is 5.31. The van der Waals surface area contributed by atoms with Crippen molar-refractivity contribution in [2.75, 3.05) is 0 Å². The number of hydrogen-bond acceptors (Lipinski definition) is 0. The van der Waals surface area contributed by atoms with Crippen molar-refractivity contribution in [3.8, 4) is 0 Å². The van der Waals surface area contributed by atoms with Gasteiger partial charge >= 0.3 is 0 Å². The first-order chi connectivity index (χ1) is 7.09. The molecule has 0 aromatic heterocycles. The Morgan fingerprint density at radius 2 is 1.80 bits per heavy atom. The topological polar surface area (TPSA) is 0 Å². The van der Waals surface area contributed by atoms with Crippen LogP contribution >= 0.6 is 0 Å². The normalized spacial score (nSPS) is 25.9. The summed E-state index contributed by atoms with van der Waals surface area (Å²) in [7, 11) is 0. The summed E-state index contributed by atoms with van der Waals surface area (Å²) in [6.07, 6.45) is 4.22. The molecule has 2 unspecified atom stereocenters. The Hall–Kier alpha value is -0.780. The van der Waals surface area contributed by atoms with Gasteiger partial charge in [0, 0.05) is 0 Å². The lowest BCUT2D eigenvalue weighted by molar-refractivity contribution is 0.530. The number of benzene rings is 1. The Labute approximate surface area is 93.7 Å². The van der Waals surface area contributed by atoms with Gasteiger partial charge in [-0.1, -0.05) is 37.5 Å². The maximum Gasteiger partial charge on any atom is -0.0133 e. The third-order valence-corrected chi connectivity index (χ3v) is 4.11. The van der Waals surface area contributed by atoms with Crippen LogP contribution in [0, 0.1) is 26.7 Å². The molecular weight excluding hydrogens is 180 g/mol. The zero-order valence-corrected chi connectivity index (χ0v) is 10.4. The van der Waals surface area contributed by atoms with Crippen LogP contribution in [0.25, 0.3) is 0 Å². The van der Waals surface area contributed by atoms with Gasteiger partial charge in [-0.05, 0) is 55.7 Å². The largest absolute Gasteiger partial charge is 0.0619 e. The molecule has 2 rings (SSSR count). The molecule has 0 bridgehead atoms. The van der Waals surface area contributed by atoms with Crippen molar-refractivity contribution in [2.45, 2.75) is 52.9 Å². The fourth-order valence-electron chi connectivity index (χ4n) is 3.07. The van der Waals surface area contributed by atoms with Gasteiger partial charge in [0.25, 0.3) is 0 Å². The van der Waals surface area contributed by atoms with E-state index in [0.717, 1.165) is 11.8 Å². The quantitative estimate of drug-likeness (QED) is 0.628. The third-order valence-electron chi connectivity index (χ3n) is 4.11. The van der Waals surface area contributed by atoms with Gasteiger partial charge in [0.05, 0.1) is 0 Å². The number of rotatable bonds is 1. The van der Waals surface area contributed by atoms with E-state index in [1.807, 2.05) is 0 Å². The van der Waals surface area contributed by atoms with E-state index in [1.54, 1.807) is 5.56 Å². The highest BCUT2D eigenvalue weighted by Crippen LogP contribution is 2.41. The summed E-state index contributed by atoms with van der Waals surface area (Å²) < 4.78 is 0. The van der Waals surface area contributed by atoms with Gasteiger partial charge < -0.3 is 0 Å². The van der Waals surface area contributed by atoms with Crippen LogP contribution in [-0.4, -0.2) is 0 Å². The highest BCUT2D eigenvalue weighted by Gasteiger charge is 2.26. The maximum atomic E-state index is 2.41. The molecule has 1 saturated carbocycles. The van der Waals surface area contributed by atoms with Crippen LogP contribution < -0.4 is 0 Å². The van der Waals surface area contributed by atoms with Gasteiger partial charge in [-0.25, -0.2) is 0 Å². The lowest BCUT2D eigenvalue weighted by Gasteiger charge is -2.20. The van der Waals surface area contributed by atoms with Crippen LogP contribution in [0.5, 0.6) is 0 Å². The van der Waals surface area contributed by atoms with Crippen molar-refractivity contribution < 1.29 is 0 Å². The molecule has 0 spiro atoms. The molecule has 0 N–H and O–H groups in total. The summed E-state index contributed by atoms with van der Waals surface area (Å²) in [5, 5.41) is 0. The first-order valence-electron chi connectivity index (χ1n) is 6.17. The molecular formula is C15H22. The zero-order chi connectivity index (χ0) is 11.0. The van der Waals surface area contributed by atoms with E-state index in [2.05, 4.69) is 39.8 Å². The van der Waals surface area contributed by atoms with Crippen molar-refractivity contribution in [3.05, 3.63) is 34.4 Å². The molecule has 1 fully saturated rings. The molecule has 1 aromatic rings. The van der Waals surface area contributed by atoms with Crippen LogP contribution in [0.4, 0.5) is 0 Å². The summed E-state index contributed by atoms with van der Waals surface area (Å²) >= 11 is 0. The fraction of sp³-hybridized carbons (Fsp3) is 0.600. The predicted octanol–water partition coefficient (Wildman–Crippen LogP) is 4.52. The number of hydrogen-bond donors (Lipinski definition) is 0. The van der Waals surface area contributed by atoms with Gasteiger partial charge in [-0.3, -0.25) is 0 Å². The Bertz CT molecular complexity index is 363. The van der Waals surface area contributed by atoms with E-state index in [9.17, 15) is 0 Å². The lowest BCUT2D eigenvalue weighted by atomic mass is 9.85. The van der Waals surface area contributed by atoms with Gasteiger partial charge in [-0.2, -0.15) is 0 Å². The van der Waals surface area contributed by atoms with Crippen LogP contribution in [-0.2, 0) is 0 Å². The van der Waals surface area contributed by atoms with E-state index in [4.69, 9.17) is 0 Å². The molecule has 0 heterocycles. The maximum absolute atomic E-state index is 2.41. The molecule has 2 atom stereocenters. The van der Waals surface area contributed by atoms with Crippen molar-refractivity contribution >= 4 is 0 Å². The molecule has 0 aliphatic heterocycles.